The minimum atomic E-state index is -0.151. The summed E-state index contributed by atoms with van der Waals surface area (Å²) >= 11 is 6.00. The molecule has 0 spiro atoms. The lowest BCUT2D eigenvalue weighted by molar-refractivity contribution is -0.132. The lowest BCUT2D eigenvalue weighted by Crippen LogP contribution is -2.42. The van der Waals surface area contributed by atoms with Crippen LogP contribution in [0.3, 0.4) is 0 Å². The van der Waals surface area contributed by atoms with E-state index in [1.54, 1.807) is 12.1 Å². The Morgan fingerprint density at radius 2 is 2.07 bits per heavy atom. The van der Waals surface area contributed by atoms with Crippen molar-refractivity contribution in [2.75, 3.05) is 13.1 Å². The maximum Gasteiger partial charge on any atom is 0.222 e. The largest absolute Gasteiger partial charge is 0.361 e. The van der Waals surface area contributed by atoms with Gasteiger partial charge in [0.2, 0.25) is 5.91 Å². The quantitative estimate of drug-likeness (QED) is 0.716. The summed E-state index contributed by atoms with van der Waals surface area (Å²) in [4.78, 5) is 27.4. The first-order chi connectivity index (χ1) is 12.9. The van der Waals surface area contributed by atoms with Gasteiger partial charge in [0.1, 0.15) is 5.76 Å². The van der Waals surface area contributed by atoms with Gasteiger partial charge in [-0.15, -0.1) is 0 Å². The predicted molar refractivity (Wildman–Crippen MR) is 104 cm³/mol. The van der Waals surface area contributed by atoms with Gasteiger partial charge in [0.05, 0.1) is 5.69 Å². The Morgan fingerprint density at radius 1 is 1.30 bits per heavy atom. The lowest BCUT2D eigenvalue weighted by atomic mass is 9.88. The van der Waals surface area contributed by atoms with E-state index < -0.39 is 0 Å². The number of ketones is 1. The highest BCUT2D eigenvalue weighted by Gasteiger charge is 2.29. The molecule has 0 unspecified atom stereocenters. The van der Waals surface area contributed by atoms with Crippen molar-refractivity contribution < 1.29 is 14.1 Å². The third-order valence-electron chi connectivity index (χ3n) is 5.37. The van der Waals surface area contributed by atoms with E-state index in [0.717, 1.165) is 35.4 Å². The summed E-state index contributed by atoms with van der Waals surface area (Å²) < 4.78 is 5.16. The summed E-state index contributed by atoms with van der Waals surface area (Å²) in [5, 5.41) is 4.56. The van der Waals surface area contributed by atoms with E-state index in [1.165, 1.54) is 0 Å². The summed E-state index contributed by atoms with van der Waals surface area (Å²) in [6.45, 7) is 6.85. The van der Waals surface area contributed by atoms with Crippen LogP contribution in [0, 0.1) is 26.7 Å². The number of carbonyl (C=O) groups is 2. The molecule has 5 nitrogen and oxygen atoms in total. The molecular weight excluding hydrogens is 364 g/mol. The van der Waals surface area contributed by atoms with E-state index in [1.807, 2.05) is 31.7 Å². The Balaban J connectivity index is 1.63. The maximum absolute atomic E-state index is 12.9. The van der Waals surface area contributed by atoms with Crippen molar-refractivity contribution in [1.29, 1.82) is 0 Å². The number of carbonyl (C=O) groups excluding carboxylic acids is 2. The number of halogens is 1. The zero-order valence-electron chi connectivity index (χ0n) is 16.0. The highest BCUT2D eigenvalue weighted by Crippen LogP contribution is 2.25. The monoisotopic (exact) mass is 388 g/mol. The number of likely N-dealkylation sites (tertiary alicyclic amines) is 1. The smallest absolute Gasteiger partial charge is 0.222 e. The number of aromatic nitrogens is 1. The lowest BCUT2D eigenvalue weighted by Gasteiger charge is -2.32. The molecule has 6 heteroatoms. The van der Waals surface area contributed by atoms with Crippen molar-refractivity contribution in [3.05, 3.63) is 51.4 Å². The van der Waals surface area contributed by atoms with Gasteiger partial charge in [-0.1, -0.05) is 16.8 Å². The molecule has 1 aliphatic heterocycles. The predicted octanol–water partition coefficient (Wildman–Crippen LogP) is 4.31. The van der Waals surface area contributed by atoms with Gasteiger partial charge in [0, 0.05) is 41.6 Å². The first-order valence-corrected chi connectivity index (χ1v) is 9.74. The number of nitrogens with zero attached hydrogens (tertiary/aromatic N) is 2. The Kier molecular flexibility index (Phi) is 6.00. The molecule has 1 fully saturated rings. The molecule has 0 bridgehead atoms. The van der Waals surface area contributed by atoms with Gasteiger partial charge < -0.3 is 9.42 Å². The van der Waals surface area contributed by atoms with Crippen LogP contribution in [-0.4, -0.2) is 34.8 Å². The van der Waals surface area contributed by atoms with Gasteiger partial charge in [-0.3, -0.25) is 9.59 Å². The van der Waals surface area contributed by atoms with Crippen LogP contribution < -0.4 is 0 Å². The van der Waals surface area contributed by atoms with Gasteiger partial charge in [-0.2, -0.15) is 0 Å². The molecule has 1 amide bonds. The van der Waals surface area contributed by atoms with E-state index >= 15 is 0 Å². The summed E-state index contributed by atoms with van der Waals surface area (Å²) in [5.41, 5.74) is 3.43. The number of piperidine rings is 1. The van der Waals surface area contributed by atoms with Crippen LogP contribution >= 0.6 is 11.6 Å². The van der Waals surface area contributed by atoms with Crippen molar-refractivity contribution in [3.8, 4) is 0 Å². The second-order valence-electron chi connectivity index (χ2n) is 7.31. The minimum Gasteiger partial charge on any atom is -0.361 e. The molecule has 1 aromatic carbocycles. The highest BCUT2D eigenvalue weighted by molar-refractivity contribution is 6.30. The van der Waals surface area contributed by atoms with E-state index in [-0.39, 0.29) is 17.6 Å². The second kappa shape index (κ2) is 8.26. The van der Waals surface area contributed by atoms with Crippen molar-refractivity contribution in [2.24, 2.45) is 5.92 Å². The van der Waals surface area contributed by atoms with E-state index in [0.29, 0.717) is 36.5 Å². The zero-order valence-corrected chi connectivity index (χ0v) is 16.8. The van der Waals surface area contributed by atoms with Crippen LogP contribution in [0.15, 0.2) is 22.7 Å². The van der Waals surface area contributed by atoms with Gasteiger partial charge in [0.15, 0.2) is 5.78 Å². The van der Waals surface area contributed by atoms with Crippen LogP contribution in [0.2, 0.25) is 5.02 Å². The van der Waals surface area contributed by atoms with Gasteiger partial charge in [-0.25, -0.2) is 0 Å². The van der Waals surface area contributed by atoms with Crippen LogP contribution in [-0.2, 0) is 11.2 Å². The second-order valence-corrected chi connectivity index (χ2v) is 7.74. The molecule has 1 aromatic heterocycles. The van der Waals surface area contributed by atoms with Gasteiger partial charge >= 0.3 is 0 Å². The fourth-order valence-corrected chi connectivity index (χ4v) is 4.02. The van der Waals surface area contributed by atoms with Crippen LogP contribution in [0.5, 0.6) is 0 Å². The number of amides is 1. The Labute approximate surface area is 164 Å². The first kappa shape index (κ1) is 19.6. The van der Waals surface area contributed by atoms with Crippen molar-refractivity contribution >= 4 is 23.3 Å². The van der Waals surface area contributed by atoms with Crippen LogP contribution in [0.1, 0.15) is 52.2 Å². The number of rotatable bonds is 5. The number of benzene rings is 1. The molecule has 144 valence electrons. The van der Waals surface area contributed by atoms with Crippen molar-refractivity contribution in [3.63, 3.8) is 0 Å². The minimum absolute atomic E-state index is 0.0836. The molecule has 1 aliphatic rings. The average Bonchev–Trinajstić information content (AvgIpc) is 2.97. The number of hydrogen-bond donors (Lipinski definition) is 0. The molecule has 0 saturated carbocycles. The summed E-state index contributed by atoms with van der Waals surface area (Å²) in [7, 11) is 0. The molecule has 1 saturated heterocycles. The first-order valence-electron chi connectivity index (χ1n) is 9.36. The summed E-state index contributed by atoms with van der Waals surface area (Å²) in [6, 6.07) is 5.35. The molecule has 0 N–H and O–H groups in total. The third kappa shape index (κ3) is 4.41. The molecular formula is C21H25ClN2O3. The van der Waals surface area contributed by atoms with E-state index in [2.05, 4.69) is 5.16 Å². The SMILES string of the molecule is Cc1cc(Cl)ccc1C(=O)[C@@H]1CCCN(C(=O)CCc2c(C)noc2C)C1. The third-order valence-corrected chi connectivity index (χ3v) is 5.60. The molecule has 2 heterocycles. The Morgan fingerprint density at radius 3 is 2.74 bits per heavy atom. The summed E-state index contributed by atoms with van der Waals surface area (Å²) in [5.74, 6) is 0.805. The van der Waals surface area contributed by atoms with E-state index in [4.69, 9.17) is 16.1 Å². The fourth-order valence-electron chi connectivity index (χ4n) is 3.79. The Hall–Kier alpha value is -2.14. The molecule has 2 aromatic rings. The topological polar surface area (TPSA) is 63.4 Å². The number of hydrogen-bond acceptors (Lipinski definition) is 4. The Bertz CT molecular complexity index is 840. The normalized spacial score (nSPS) is 17.2. The van der Waals surface area contributed by atoms with Gasteiger partial charge in [0.25, 0.3) is 0 Å². The zero-order chi connectivity index (χ0) is 19.6. The number of aryl methyl sites for hydroxylation is 3. The number of Topliss-reactive ketones (excluding diaryl/α,β-unsaturated/α-hetero) is 1. The highest BCUT2D eigenvalue weighted by atomic mass is 35.5. The van der Waals surface area contributed by atoms with Gasteiger partial charge in [-0.05, 0) is 63.8 Å². The van der Waals surface area contributed by atoms with Crippen molar-refractivity contribution in [2.45, 2.75) is 46.5 Å². The molecule has 0 radical (unpaired) electrons. The fraction of sp³-hybridized carbons (Fsp3) is 0.476. The van der Waals surface area contributed by atoms with Crippen LogP contribution in [0.4, 0.5) is 0 Å². The van der Waals surface area contributed by atoms with Crippen molar-refractivity contribution in [1.82, 2.24) is 10.1 Å². The maximum atomic E-state index is 12.9. The standard InChI is InChI=1S/C21H25ClN2O3/c1-13-11-17(22)6-7-18(13)21(26)16-5-4-10-24(12-16)20(25)9-8-19-14(2)23-27-15(19)3/h6-7,11,16H,4-5,8-10,12H2,1-3H3/t16-/m1/s1. The molecule has 0 aliphatic carbocycles. The molecule has 1 atom stereocenters. The summed E-state index contributed by atoms with van der Waals surface area (Å²) in [6.07, 6.45) is 2.68. The van der Waals surface area contributed by atoms with E-state index in [9.17, 15) is 9.59 Å². The van der Waals surface area contributed by atoms with Crippen LogP contribution in [0.25, 0.3) is 0 Å². The molecule has 3 rings (SSSR count). The average molecular weight is 389 g/mol. The molecule has 27 heavy (non-hydrogen) atoms.